The Kier molecular flexibility index (Phi) is 4.74. The van der Waals surface area contributed by atoms with Crippen molar-refractivity contribution in [3.8, 4) is 0 Å². The van der Waals surface area contributed by atoms with Gasteiger partial charge in [-0.1, -0.05) is 30.3 Å². The molecule has 2 fully saturated rings. The van der Waals surface area contributed by atoms with Gasteiger partial charge in [-0.25, -0.2) is 9.97 Å². The number of β-amino-alcohol motifs (C(OH)–C–C–N with tert-alkyl or cyclic N) is 1. The van der Waals surface area contributed by atoms with Gasteiger partial charge < -0.3 is 14.9 Å². The molecule has 0 aliphatic carbocycles. The van der Waals surface area contributed by atoms with Crippen molar-refractivity contribution in [3.63, 3.8) is 0 Å². The van der Waals surface area contributed by atoms with E-state index < -0.39 is 5.60 Å². The molecule has 0 saturated carbocycles. The molecule has 2 aromatic heterocycles. The van der Waals surface area contributed by atoms with Gasteiger partial charge in [0.15, 0.2) is 0 Å². The standard InChI is InChI=1S/C23H26N6O2/c1-15-16(2)26-20(22(30)29-13-23(31,14-29)19-6-4-3-5-7-19)27-21(15)28-9-8-17(12-28)18-10-24-25-11-18/h3-7,10-11,17,31H,8-9,12-14H2,1-2H3,(H,24,25). The summed E-state index contributed by atoms with van der Waals surface area (Å²) in [6, 6.07) is 9.47. The summed E-state index contributed by atoms with van der Waals surface area (Å²) in [5, 5.41) is 17.8. The monoisotopic (exact) mass is 418 g/mol. The molecule has 3 aromatic rings. The molecule has 5 rings (SSSR count). The van der Waals surface area contributed by atoms with Gasteiger partial charge in [0.05, 0.1) is 19.3 Å². The highest BCUT2D eigenvalue weighted by molar-refractivity contribution is 5.92. The van der Waals surface area contributed by atoms with Crippen molar-refractivity contribution in [2.75, 3.05) is 31.1 Å². The minimum atomic E-state index is -1.01. The quantitative estimate of drug-likeness (QED) is 0.674. The largest absolute Gasteiger partial charge is 0.381 e. The zero-order chi connectivity index (χ0) is 21.6. The summed E-state index contributed by atoms with van der Waals surface area (Å²) >= 11 is 0. The van der Waals surface area contributed by atoms with E-state index in [9.17, 15) is 9.90 Å². The number of nitrogens with zero attached hydrogens (tertiary/aromatic N) is 5. The van der Waals surface area contributed by atoms with Crippen LogP contribution in [0.1, 0.15) is 45.3 Å². The van der Waals surface area contributed by atoms with Crippen LogP contribution in [0.3, 0.4) is 0 Å². The molecule has 1 aromatic carbocycles. The van der Waals surface area contributed by atoms with Crippen molar-refractivity contribution in [2.24, 2.45) is 0 Å². The van der Waals surface area contributed by atoms with Gasteiger partial charge in [0.2, 0.25) is 5.82 Å². The first-order valence-electron chi connectivity index (χ1n) is 10.6. The van der Waals surface area contributed by atoms with Gasteiger partial charge in [-0.15, -0.1) is 0 Å². The van der Waals surface area contributed by atoms with Crippen molar-refractivity contribution in [1.82, 2.24) is 25.1 Å². The second-order valence-corrected chi connectivity index (χ2v) is 8.60. The van der Waals surface area contributed by atoms with E-state index in [1.165, 1.54) is 5.56 Å². The number of anilines is 1. The summed E-state index contributed by atoms with van der Waals surface area (Å²) in [4.78, 5) is 26.1. The van der Waals surface area contributed by atoms with Gasteiger partial charge >= 0.3 is 0 Å². The van der Waals surface area contributed by atoms with Gasteiger partial charge in [-0.2, -0.15) is 5.10 Å². The van der Waals surface area contributed by atoms with Crippen LogP contribution < -0.4 is 4.90 Å². The summed E-state index contributed by atoms with van der Waals surface area (Å²) in [7, 11) is 0. The molecule has 0 spiro atoms. The first-order chi connectivity index (χ1) is 14.9. The molecule has 2 aliphatic rings. The van der Waals surface area contributed by atoms with Crippen LogP contribution in [0.25, 0.3) is 0 Å². The van der Waals surface area contributed by atoms with Crippen molar-refractivity contribution in [1.29, 1.82) is 0 Å². The highest BCUT2D eigenvalue weighted by atomic mass is 16.3. The molecule has 2 N–H and O–H groups in total. The first kappa shape index (κ1) is 19.7. The molecule has 160 valence electrons. The number of aliphatic hydroxyl groups is 1. The molecule has 2 aliphatic heterocycles. The third-order valence-electron chi connectivity index (χ3n) is 6.54. The average Bonchev–Trinajstić information content (AvgIpc) is 3.45. The maximum atomic E-state index is 13.1. The lowest BCUT2D eigenvalue weighted by molar-refractivity contribution is -0.0867. The highest BCUT2D eigenvalue weighted by Crippen LogP contribution is 2.34. The molecule has 1 unspecified atom stereocenters. The molecule has 0 radical (unpaired) electrons. The van der Waals surface area contributed by atoms with Crippen LogP contribution in [0.5, 0.6) is 0 Å². The van der Waals surface area contributed by atoms with Gasteiger partial charge in [0, 0.05) is 36.5 Å². The predicted molar refractivity (Wildman–Crippen MR) is 116 cm³/mol. The zero-order valence-electron chi connectivity index (χ0n) is 17.7. The van der Waals surface area contributed by atoms with E-state index in [1.54, 1.807) is 4.90 Å². The van der Waals surface area contributed by atoms with E-state index in [0.29, 0.717) is 5.92 Å². The summed E-state index contributed by atoms with van der Waals surface area (Å²) < 4.78 is 0. The van der Waals surface area contributed by atoms with Gasteiger partial charge in [-0.3, -0.25) is 9.89 Å². The molecule has 1 amide bonds. The van der Waals surface area contributed by atoms with Crippen LogP contribution in [0.2, 0.25) is 0 Å². The third-order valence-corrected chi connectivity index (χ3v) is 6.54. The maximum absolute atomic E-state index is 13.1. The number of benzene rings is 1. The Bertz CT molecular complexity index is 1090. The fourth-order valence-electron chi connectivity index (χ4n) is 4.53. The number of H-pyrrole nitrogens is 1. The van der Waals surface area contributed by atoms with E-state index in [2.05, 4.69) is 25.1 Å². The van der Waals surface area contributed by atoms with E-state index in [4.69, 9.17) is 0 Å². The number of carbonyl (C=O) groups is 1. The molecule has 2 saturated heterocycles. The fourth-order valence-corrected chi connectivity index (χ4v) is 4.53. The zero-order valence-corrected chi connectivity index (χ0v) is 17.7. The molecule has 0 bridgehead atoms. The molecule has 4 heterocycles. The summed E-state index contributed by atoms with van der Waals surface area (Å²) in [5.74, 6) is 1.17. The normalized spacial score (nSPS) is 20.0. The Balaban J connectivity index is 1.34. The lowest BCUT2D eigenvalue weighted by atomic mass is 9.86. The van der Waals surface area contributed by atoms with Crippen LogP contribution in [-0.4, -0.2) is 62.3 Å². The van der Waals surface area contributed by atoms with Crippen LogP contribution in [0.15, 0.2) is 42.7 Å². The average molecular weight is 419 g/mol. The SMILES string of the molecule is Cc1nc(C(=O)N2CC(O)(c3ccccc3)C2)nc(N2CCC(c3cn[nH]c3)C2)c1C. The number of nitrogens with one attached hydrogen (secondary N) is 1. The van der Waals surface area contributed by atoms with Crippen molar-refractivity contribution < 1.29 is 9.90 Å². The lowest BCUT2D eigenvalue weighted by Gasteiger charge is -2.46. The fraction of sp³-hybridized carbons (Fsp3) is 0.391. The van der Waals surface area contributed by atoms with Crippen molar-refractivity contribution >= 4 is 11.7 Å². The van der Waals surface area contributed by atoms with E-state index in [1.807, 2.05) is 56.6 Å². The smallest absolute Gasteiger partial charge is 0.291 e. The van der Waals surface area contributed by atoms with Crippen molar-refractivity contribution in [2.45, 2.75) is 31.8 Å². The van der Waals surface area contributed by atoms with Gasteiger partial charge in [0.1, 0.15) is 11.4 Å². The summed E-state index contributed by atoms with van der Waals surface area (Å²) in [6.45, 7) is 6.11. The molecule has 8 nitrogen and oxygen atoms in total. The van der Waals surface area contributed by atoms with Crippen LogP contribution in [0.4, 0.5) is 5.82 Å². The van der Waals surface area contributed by atoms with E-state index in [-0.39, 0.29) is 24.8 Å². The number of amides is 1. The van der Waals surface area contributed by atoms with Crippen LogP contribution in [0, 0.1) is 13.8 Å². The molecule has 31 heavy (non-hydrogen) atoms. The number of aryl methyl sites for hydroxylation is 1. The highest BCUT2D eigenvalue weighted by Gasteiger charge is 2.46. The number of hydrogen-bond acceptors (Lipinski definition) is 6. The number of aromatic amines is 1. The summed E-state index contributed by atoms with van der Waals surface area (Å²) in [6.07, 6.45) is 4.83. The van der Waals surface area contributed by atoms with Crippen molar-refractivity contribution in [3.05, 3.63) is 70.9 Å². The summed E-state index contributed by atoms with van der Waals surface area (Å²) in [5.41, 5.74) is 2.81. The Morgan fingerprint density at radius 1 is 1.19 bits per heavy atom. The molecule has 8 heteroatoms. The number of likely N-dealkylation sites (tertiary alicyclic amines) is 1. The van der Waals surface area contributed by atoms with Crippen LogP contribution in [-0.2, 0) is 5.60 Å². The predicted octanol–water partition coefficient (Wildman–Crippen LogP) is 2.15. The molecular formula is C23H26N6O2. The number of hydrogen-bond donors (Lipinski definition) is 2. The van der Waals surface area contributed by atoms with E-state index in [0.717, 1.165) is 42.1 Å². The number of rotatable bonds is 4. The minimum Gasteiger partial charge on any atom is -0.381 e. The maximum Gasteiger partial charge on any atom is 0.291 e. The minimum absolute atomic E-state index is 0.194. The topological polar surface area (TPSA) is 98.2 Å². The Hall–Kier alpha value is -3.26. The third kappa shape index (κ3) is 3.46. The second-order valence-electron chi connectivity index (χ2n) is 8.60. The first-order valence-corrected chi connectivity index (χ1v) is 10.6. The van der Waals surface area contributed by atoms with Crippen LogP contribution >= 0.6 is 0 Å². The molecule has 1 atom stereocenters. The van der Waals surface area contributed by atoms with E-state index >= 15 is 0 Å². The second kappa shape index (κ2) is 7.46. The number of aromatic nitrogens is 4. The Morgan fingerprint density at radius 3 is 2.68 bits per heavy atom. The van der Waals surface area contributed by atoms with Gasteiger partial charge in [-0.05, 0) is 31.4 Å². The Morgan fingerprint density at radius 2 is 1.97 bits per heavy atom. The lowest BCUT2D eigenvalue weighted by Crippen LogP contribution is -2.61. The molecular weight excluding hydrogens is 392 g/mol. The van der Waals surface area contributed by atoms with Gasteiger partial charge in [0.25, 0.3) is 5.91 Å². The Labute approximate surface area is 180 Å². The number of carbonyl (C=O) groups excluding carboxylic acids is 1.